The van der Waals surface area contributed by atoms with E-state index in [9.17, 15) is 4.79 Å². The van der Waals surface area contributed by atoms with Gasteiger partial charge in [0, 0.05) is 6.54 Å². The highest BCUT2D eigenvalue weighted by Crippen LogP contribution is 2.00. The van der Waals surface area contributed by atoms with E-state index in [2.05, 4.69) is 10.3 Å². The van der Waals surface area contributed by atoms with Crippen LogP contribution in [0.25, 0.3) is 0 Å². The third-order valence-electron chi connectivity index (χ3n) is 0.965. The molecule has 1 aliphatic heterocycles. The van der Waals surface area contributed by atoms with Crippen LogP contribution in [-0.2, 0) is 9.63 Å². The van der Waals surface area contributed by atoms with Gasteiger partial charge in [-0.1, -0.05) is 6.92 Å². The number of carbonyl (C=O) groups is 1. The van der Waals surface area contributed by atoms with Crippen LogP contribution in [0.15, 0.2) is 0 Å². The van der Waals surface area contributed by atoms with Gasteiger partial charge in [0.1, 0.15) is 0 Å². The van der Waals surface area contributed by atoms with Crippen molar-refractivity contribution < 1.29 is 9.63 Å². The predicted octanol–water partition coefficient (Wildman–Crippen LogP) is -0.316. The molecule has 0 saturated carbocycles. The lowest BCUT2D eigenvalue weighted by molar-refractivity contribution is -0.145. The lowest BCUT2D eigenvalue weighted by Crippen LogP contribution is -2.04. The van der Waals surface area contributed by atoms with E-state index in [4.69, 9.17) is 0 Å². The van der Waals surface area contributed by atoms with Crippen molar-refractivity contribution in [1.29, 1.82) is 0 Å². The van der Waals surface area contributed by atoms with Gasteiger partial charge in [-0.25, -0.2) is 0 Å². The molecule has 3 heteroatoms. The van der Waals surface area contributed by atoms with E-state index >= 15 is 0 Å². The second kappa shape index (κ2) is 1.50. The van der Waals surface area contributed by atoms with Gasteiger partial charge in [0.05, 0.1) is 5.92 Å². The molecule has 7 heavy (non-hydrogen) atoms. The quantitative estimate of drug-likeness (QED) is 0.454. The Morgan fingerprint density at radius 2 is 2.71 bits per heavy atom. The molecule has 1 atom stereocenters. The molecule has 0 bridgehead atoms. The molecule has 0 aliphatic carbocycles. The molecule has 0 radical (unpaired) electrons. The topological polar surface area (TPSA) is 38.3 Å². The molecule has 1 fully saturated rings. The highest BCUT2D eigenvalue weighted by Gasteiger charge is 2.20. The van der Waals surface area contributed by atoms with Crippen LogP contribution in [0.1, 0.15) is 6.92 Å². The number of rotatable bonds is 0. The number of hydroxylamine groups is 1. The number of hydrogen-bond donors (Lipinski definition) is 1. The number of carbonyl (C=O) groups excluding carboxylic acids is 1. The van der Waals surface area contributed by atoms with E-state index in [1.54, 1.807) is 0 Å². The van der Waals surface area contributed by atoms with Gasteiger partial charge in [0.2, 0.25) is 0 Å². The zero-order valence-electron chi connectivity index (χ0n) is 4.10. The minimum absolute atomic E-state index is 0.0417. The van der Waals surface area contributed by atoms with E-state index in [1.807, 2.05) is 6.92 Å². The summed E-state index contributed by atoms with van der Waals surface area (Å²) in [6.45, 7) is 2.47. The summed E-state index contributed by atoms with van der Waals surface area (Å²) in [6.07, 6.45) is 0. The van der Waals surface area contributed by atoms with Crippen LogP contribution in [0.5, 0.6) is 0 Å². The van der Waals surface area contributed by atoms with Crippen molar-refractivity contribution in [2.24, 2.45) is 5.92 Å². The van der Waals surface area contributed by atoms with Crippen molar-refractivity contribution in [3.8, 4) is 0 Å². The second-order valence-electron chi connectivity index (χ2n) is 1.67. The molecule has 0 amide bonds. The minimum atomic E-state index is -0.153. The molecule has 0 aromatic heterocycles. The van der Waals surface area contributed by atoms with Crippen molar-refractivity contribution in [2.75, 3.05) is 6.54 Å². The summed E-state index contributed by atoms with van der Waals surface area (Å²) in [6, 6.07) is 0. The van der Waals surface area contributed by atoms with E-state index in [1.165, 1.54) is 0 Å². The first-order chi connectivity index (χ1) is 3.30. The average Bonchev–Trinajstić information content (AvgIpc) is 1.91. The van der Waals surface area contributed by atoms with Crippen LogP contribution in [0, 0.1) is 5.92 Å². The van der Waals surface area contributed by atoms with Gasteiger partial charge in [0.15, 0.2) is 0 Å². The third kappa shape index (κ3) is 0.718. The van der Waals surface area contributed by atoms with Gasteiger partial charge in [-0.05, 0) is 0 Å². The van der Waals surface area contributed by atoms with Gasteiger partial charge in [-0.15, -0.1) is 0 Å². The third-order valence-corrected chi connectivity index (χ3v) is 0.965. The molecule has 0 spiro atoms. The number of hydrogen-bond acceptors (Lipinski definition) is 3. The Hall–Kier alpha value is -0.570. The van der Waals surface area contributed by atoms with E-state index in [0.29, 0.717) is 6.54 Å². The first-order valence-corrected chi connectivity index (χ1v) is 2.24. The highest BCUT2D eigenvalue weighted by atomic mass is 16.7. The van der Waals surface area contributed by atoms with Gasteiger partial charge in [0.25, 0.3) is 0 Å². The molecule has 1 unspecified atom stereocenters. The minimum Gasteiger partial charge on any atom is -0.370 e. The SMILES string of the molecule is CC1CNOC1=O. The molecular formula is C4H7NO2. The largest absolute Gasteiger partial charge is 0.370 e. The summed E-state index contributed by atoms with van der Waals surface area (Å²) in [7, 11) is 0. The lowest BCUT2D eigenvalue weighted by atomic mass is 10.2. The van der Waals surface area contributed by atoms with E-state index in [-0.39, 0.29) is 11.9 Å². The molecule has 1 rings (SSSR count). The van der Waals surface area contributed by atoms with Crippen molar-refractivity contribution in [1.82, 2.24) is 5.48 Å². The van der Waals surface area contributed by atoms with Gasteiger partial charge < -0.3 is 4.84 Å². The summed E-state index contributed by atoms with van der Waals surface area (Å²) in [5.74, 6) is -0.111. The predicted molar refractivity (Wildman–Crippen MR) is 23.3 cm³/mol. The highest BCUT2D eigenvalue weighted by molar-refractivity contribution is 5.73. The fourth-order valence-electron chi connectivity index (χ4n) is 0.422. The van der Waals surface area contributed by atoms with Crippen LogP contribution in [0.4, 0.5) is 0 Å². The standard InChI is InChI=1S/C4H7NO2/c1-3-2-5-7-4(3)6/h3,5H,2H2,1H3. The van der Waals surface area contributed by atoms with Crippen LogP contribution in [0.2, 0.25) is 0 Å². The summed E-state index contributed by atoms with van der Waals surface area (Å²) in [5.41, 5.74) is 2.47. The molecule has 1 N–H and O–H groups in total. The number of nitrogens with one attached hydrogen (secondary N) is 1. The normalized spacial score (nSPS) is 30.4. The summed E-state index contributed by atoms with van der Waals surface area (Å²) in [5, 5.41) is 0. The molecule has 1 saturated heterocycles. The van der Waals surface area contributed by atoms with Crippen LogP contribution < -0.4 is 5.48 Å². The first-order valence-electron chi connectivity index (χ1n) is 2.24. The molecule has 1 heterocycles. The smallest absolute Gasteiger partial charge is 0.328 e. The Morgan fingerprint density at radius 1 is 2.00 bits per heavy atom. The summed E-state index contributed by atoms with van der Waals surface area (Å²) in [4.78, 5) is 14.7. The van der Waals surface area contributed by atoms with Gasteiger partial charge >= 0.3 is 5.97 Å². The Kier molecular flexibility index (Phi) is 0.982. The maximum atomic E-state index is 10.3. The monoisotopic (exact) mass is 101 g/mol. The average molecular weight is 101 g/mol. The fourth-order valence-corrected chi connectivity index (χ4v) is 0.422. The van der Waals surface area contributed by atoms with Crippen molar-refractivity contribution in [3.63, 3.8) is 0 Å². The summed E-state index contributed by atoms with van der Waals surface area (Å²) >= 11 is 0. The van der Waals surface area contributed by atoms with E-state index < -0.39 is 0 Å². The molecule has 40 valence electrons. The molecule has 3 nitrogen and oxygen atoms in total. The summed E-state index contributed by atoms with van der Waals surface area (Å²) < 4.78 is 0. The van der Waals surface area contributed by atoms with Crippen LogP contribution in [-0.4, -0.2) is 12.5 Å². The molecular weight excluding hydrogens is 94.0 g/mol. The Labute approximate surface area is 41.6 Å². The fraction of sp³-hybridized carbons (Fsp3) is 0.750. The van der Waals surface area contributed by atoms with Crippen molar-refractivity contribution >= 4 is 5.97 Å². The second-order valence-corrected chi connectivity index (χ2v) is 1.67. The van der Waals surface area contributed by atoms with Gasteiger partial charge in [-0.3, -0.25) is 4.79 Å². The maximum Gasteiger partial charge on any atom is 0.328 e. The van der Waals surface area contributed by atoms with E-state index in [0.717, 1.165) is 0 Å². The van der Waals surface area contributed by atoms with Crippen molar-refractivity contribution in [3.05, 3.63) is 0 Å². The molecule has 0 aromatic rings. The maximum absolute atomic E-state index is 10.3. The van der Waals surface area contributed by atoms with Crippen LogP contribution >= 0.6 is 0 Å². The molecule has 0 aromatic carbocycles. The van der Waals surface area contributed by atoms with Crippen molar-refractivity contribution in [2.45, 2.75) is 6.92 Å². The molecule has 1 aliphatic rings. The zero-order chi connectivity index (χ0) is 5.28. The van der Waals surface area contributed by atoms with Gasteiger partial charge in [-0.2, -0.15) is 5.48 Å². The lowest BCUT2D eigenvalue weighted by Gasteiger charge is -1.85. The Morgan fingerprint density at radius 3 is 2.86 bits per heavy atom. The first kappa shape index (κ1) is 4.59. The Balaban J connectivity index is 2.48. The zero-order valence-corrected chi connectivity index (χ0v) is 4.10. The van der Waals surface area contributed by atoms with Crippen LogP contribution in [0.3, 0.4) is 0 Å². The Bertz CT molecular complexity index is 91.7.